The topological polar surface area (TPSA) is 42.5 Å². The molecule has 0 saturated heterocycles. The summed E-state index contributed by atoms with van der Waals surface area (Å²) in [6, 6.07) is 13.8. The largest absolute Gasteiger partial charge is 0.491 e. The zero-order valence-corrected chi connectivity index (χ0v) is 16.4. The number of hydrogen-bond donors (Lipinski definition) is 2. The number of rotatable bonds is 8. The second-order valence-corrected chi connectivity index (χ2v) is 6.59. The molecule has 0 fully saturated rings. The molecule has 0 aliphatic heterocycles. The van der Waals surface area contributed by atoms with E-state index in [9.17, 15) is 0 Å². The number of anilines is 1. The van der Waals surface area contributed by atoms with Crippen LogP contribution in [0.1, 0.15) is 18.1 Å². The van der Waals surface area contributed by atoms with E-state index < -0.39 is 0 Å². The third kappa shape index (κ3) is 6.41. The molecule has 0 bridgehead atoms. The van der Waals surface area contributed by atoms with Crippen LogP contribution < -0.4 is 20.1 Å². The minimum Gasteiger partial charge on any atom is -0.491 e. The maximum Gasteiger partial charge on any atom is 0.171 e. The molecule has 0 unspecified atom stereocenters. The van der Waals surface area contributed by atoms with Crippen molar-refractivity contribution in [3.05, 3.63) is 66.2 Å². The Morgan fingerprint density at radius 1 is 1.08 bits per heavy atom. The maximum absolute atomic E-state index is 5.83. The summed E-state index contributed by atoms with van der Waals surface area (Å²) in [7, 11) is 0. The summed E-state index contributed by atoms with van der Waals surface area (Å²) >= 11 is 5.36. The summed E-state index contributed by atoms with van der Waals surface area (Å²) in [6.07, 6.45) is 1.71. The molecule has 2 aromatic rings. The predicted molar refractivity (Wildman–Crippen MR) is 112 cm³/mol. The second kappa shape index (κ2) is 9.82. The Bertz CT molecular complexity index is 744. The fraction of sp³-hybridized carbons (Fsp3) is 0.286. The Kier molecular flexibility index (Phi) is 7.48. The van der Waals surface area contributed by atoms with Crippen molar-refractivity contribution in [3.63, 3.8) is 0 Å². The quantitative estimate of drug-likeness (QED) is 0.524. The SMILES string of the molecule is C=CCOc1ccc(NC(=S)N[C@@H](C)COc2ccc(C)c(C)c2)cc1. The first-order chi connectivity index (χ1) is 12.5. The van der Waals surface area contributed by atoms with Gasteiger partial charge >= 0.3 is 0 Å². The summed E-state index contributed by atoms with van der Waals surface area (Å²) in [4.78, 5) is 0. The molecule has 4 nitrogen and oxygen atoms in total. The van der Waals surface area contributed by atoms with Gasteiger partial charge in [-0.25, -0.2) is 0 Å². The zero-order chi connectivity index (χ0) is 18.9. The van der Waals surface area contributed by atoms with Gasteiger partial charge in [-0.15, -0.1) is 0 Å². The van der Waals surface area contributed by atoms with Gasteiger partial charge in [0.1, 0.15) is 24.7 Å². The lowest BCUT2D eigenvalue weighted by Crippen LogP contribution is -2.39. The van der Waals surface area contributed by atoms with Crippen molar-refractivity contribution in [1.29, 1.82) is 0 Å². The smallest absolute Gasteiger partial charge is 0.171 e. The summed E-state index contributed by atoms with van der Waals surface area (Å²) in [5, 5.41) is 6.94. The van der Waals surface area contributed by atoms with E-state index in [0.29, 0.717) is 18.3 Å². The van der Waals surface area contributed by atoms with Gasteiger partial charge in [-0.1, -0.05) is 18.7 Å². The Labute approximate surface area is 161 Å². The number of thiocarbonyl (C=S) groups is 1. The van der Waals surface area contributed by atoms with E-state index in [1.54, 1.807) is 6.08 Å². The fourth-order valence-corrected chi connectivity index (χ4v) is 2.57. The van der Waals surface area contributed by atoms with Gasteiger partial charge in [-0.05, 0) is 80.5 Å². The summed E-state index contributed by atoms with van der Waals surface area (Å²) in [5.41, 5.74) is 3.38. The van der Waals surface area contributed by atoms with Gasteiger partial charge in [0.05, 0.1) is 6.04 Å². The van der Waals surface area contributed by atoms with Crippen molar-refractivity contribution in [2.75, 3.05) is 18.5 Å². The number of aryl methyl sites for hydroxylation is 2. The van der Waals surface area contributed by atoms with Gasteiger partial charge in [0, 0.05) is 5.69 Å². The van der Waals surface area contributed by atoms with Gasteiger partial charge in [-0.2, -0.15) is 0 Å². The highest BCUT2D eigenvalue weighted by Crippen LogP contribution is 2.17. The standard InChI is InChI=1S/C21H26N2O2S/c1-5-12-24-19-10-7-18(8-11-19)23-21(26)22-17(4)14-25-20-9-6-15(2)16(3)13-20/h5-11,13,17H,1,12,14H2,2-4H3,(H2,22,23,26)/t17-/m0/s1. The van der Waals surface area contributed by atoms with Crippen LogP contribution in [0, 0.1) is 13.8 Å². The van der Waals surface area contributed by atoms with Crippen LogP contribution in [0.5, 0.6) is 11.5 Å². The number of ether oxygens (including phenoxy) is 2. The van der Waals surface area contributed by atoms with E-state index in [2.05, 4.69) is 43.2 Å². The average Bonchev–Trinajstić information content (AvgIpc) is 2.62. The molecular weight excluding hydrogens is 344 g/mol. The molecule has 0 radical (unpaired) electrons. The van der Waals surface area contributed by atoms with Crippen LogP contribution in [0.3, 0.4) is 0 Å². The third-order valence-electron chi connectivity index (χ3n) is 3.84. The monoisotopic (exact) mass is 370 g/mol. The Morgan fingerprint density at radius 2 is 1.77 bits per heavy atom. The Hall–Kier alpha value is -2.53. The molecule has 2 rings (SSSR count). The van der Waals surface area contributed by atoms with E-state index in [4.69, 9.17) is 21.7 Å². The van der Waals surface area contributed by atoms with Crippen molar-refractivity contribution in [2.24, 2.45) is 0 Å². The van der Waals surface area contributed by atoms with Crippen LogP contribution >= 0.6 is 12.2 Å². The minimum atomic E-state index is 0.0757. The molecule has 0 saturated carbocycles. The van der Waals surface area contributed by atoms with E-state index in [-0.39, 0.29) is 6.04 Å². The minimum absolute atomic E-state index is 0.0757. The highest BCUT2D eigenvalue weighted by Gasteiger charge is 2.06. The van der Waals surface area contributed by atoms with Crippen LogP contribution in [0.25, 0.3) is 0 Å². The molecule has 0 amide bonds. The average molecular weight is 371 g/mol. The molecule has 1 atom stereocenters. The molecule has 26 heavy (non-hydrogen) atoms. The maximum atomic E-state index is 5.83. The van der Waals surface area contributed by atoms with Crippen molar-refractivity contribution in [1.82, 2.24) is 5.32 Å². The van der Waals surface area contributed by atoms with Crippen LogP contribution in [0.15, 0.2) is 55.1 Å². The summed E-state index contributed by atoms with van der Waals surface area (Å²) < 4.78 is 11.3. The zero-order valence-electron chi connectivity index (χ0n) is 15.5. The molecule has 138 valence electrons. The molecule has 5 heteroatoms. The van der Waals surface area contributed by atoms with Crippen LogP contribution in [0.2, 0.25) is 0 Å². The van der Waals surface area contributed by atoms with E-state index in [1.165, 1.54) is 11.1 Å². The lowest BCUT2D eigenvalue weighted by atomic mass is 10.1. The van der Waals surface area contributed by atoms with Gasteiger partial charge in [0.15, 0.2) is 5.11 Å². The van der Waals surface area contributed by atoms with Crippen LogP contribution in [-0.2, 0) is 0 Å². The number of nitrogens with one attached hydrogen (secondary N) is 2. The van der Waals surface area contributed by atoms with E-state index in [0.717, 1.165) is 17.2 Å². The molecule has 0 spiro atoms. The highest BCUT2D eigenvalue weighted by molar-refractivity contribution is 7.80. The van der Waals surface area contributed by atoms with Crippen LogP contribution in [0.4, 0.5) is 5.69 Å². The molecule has 0 aromatic heterocycles. The van der Waals surface area contributed by atoms with Gasteiger partial charge in [0.25, 0.3) is 0 Å². The van der Waals surface area contributed by atoms with Crippen molar-refractivity contribution in [2.45, 2.75) is 26.8 Å². The van der Waals surface area contributed by atoms with Crippen molar-refractivity contribution < 1.29 is 9.47 Å². The van der Waals surface area contributed by atoms with Gasteiger partial charge in [-0.3, -0.25) is 0 Å². The Morgan fingerprint density at radius 3 is 2.42 bits per heavy atom. The normalized spacial score (nSPS) is 11.3. The fourth-order valence-electron chi connectivity index (χ4n) is 2.25. The summed E-state index contributed by atoms with van der Waals surface area (Å²) in [5.74, 6) is 1.67. The van der Waals surface area contributed by atoms with Crippen molar-refractivity contribution >= 4 is 23.0 Å². The lowest BCUT2D eigenvalue weighted by Gasteiger charge is -2.18. The molecule has 2 aromatic carbocycles. The van der Waals surface area contributed by atoms with Crippen LogP contribution in [-0.4, -0.2) is 24.4 Å². The first-order valence-corrected chi connectivity index (χ1v) is 9.00. The lowest BCUT2D eigenvalue weighted by molar-refractivity contribution is 0.287. The number of hydrogen-bond acceptors (Lipinski definition) is 3. The van der Waals surface area contributed by atoms with Gasteiger partial charge in [0.2, 0.25) is 0 Å². The predicted octanol–water partition coefficient (Wildman–Crippen LogP) is 4.62. The van der Waals surface area contributed by atoms with Gasteiger partial charge < -0.3 is 20.1 Å². The first-order valence-electron chi connectivity index (χ1n) is 8.59. The van der Waals surface area contributed by atoms with E-state index in [1.807, 2.05) is 37.3 Å². The molecule has 0 aliphatic rings. The van der Waals surface area contributed by atoms with Crippen molar-refractivity contribution in [3.8, 4) is 11.5 Å². The summed E-state index contributed by atoms with van der Waals surface area (Å²) in [6.45, 7) is 10.8. The third-order valence-corrected chi connectivity index (χ3v) is 4.06. The number of benzene rings is 2. The molecule has 0 heterocycles. The van der Waals surface area contributed by atoms with E-state index >= 15 is 0 Å². The highest BCUT2D eigenvalue weighted by atomic mass is 32.1. The molecule has 0 aliphatic carbocycles. The molecule has 2 N–H and O–H groups in total. The first kappa shape index (κ1) is 19.8. The second-order valence-electron chi connectivity index (χ2n) is 6.18. The molecular formula is C21H26N2O2S. The Balaban J connectivity index is 1.77.